The molecule has 13 rings (SSSR count). The monoisotopic (exact) mass is 1800 g/mol. The van der Waals surface area contributed by atoms with E-state index in [9.17, 15) is 38.5 Å². The van der Waals surface area contributed by atoms with Gasteiger partial charge in [0.15, 0.2) is 21.9 Å². The van der Waals surface area contributed by atoms with E-state index >= 15 is 0 Å². The number of aromatic carboxylic acids is 1. The van der Waals surface area contributed by atoms with Crippen LogP contribution in [0.4, 0.5) is 11.6 Å². The zero-order valence-electron chi connectivity index (χ0n) is 68.5. The number of hydrogen-bond acceptors (Lipinski definition) is 29. The van der Waals surface area contributed by atoms with Crippen LogP contribution in [-0.2, 0) is 57.9 Å². The molecule has 0 bridgehead atoms. The van der Waals surface area contributed by atoms with Crippen molar-refractivity contribution in [3.63, 3.8) is 0 Å². The van der Waals surface area contributed by atoms with E-state index in [1.807, 2.05) is 0 Å². The van der Waals surface area contributed by atoms with Crippen LogP contribution in [0.2, 0.25) is 20.6 Å². The molecule has 42 heteroatoms. The van der Waals surface area contributed by atoms with Gasteiger partial charge < -0.3 is 54.6 Å². The van der Waals surface area contributed by atoms with E-state index in [-0.39, 0.29) is 45.8 Å². The third kappa shape index (κ3) is 32.9. The predicted octanol–water partition coefficient (Wildman–Crippen LogP) is 15.7. The Balaban J connectivity index is 0.000000344. The van der Waals surface area contributed by atoms with Gasteiger partial charge in [0.25, 0.3) is 0 Å². The Morgan fingerprint density at radius 1 is 0.517 bits per heavy atom. The van der Waals surface area contributed by atoms with Crippen molar-refractivity contribution >= 4 is 110 Å². The number of nitrogens with one attached hydrogen (secondary N) is 1. The van der Waals surface area contributed by atoms with Gasteiger partial charge in [0.1, 0.15) is 72.6 Å². The van der Waals surface area contributed by atoms with Crippen molar-refractivity contribution < 1.29 is 91.8 Å². The first kappa shape index (κ1) is 103. The summed E-state index contributed by atoms with van der Waals surface area (Å²) >= 11 is 27.5. The molecule has 0 spiro atoms. The number of hydrogen-bond donors (Lipinski definition) is 5. The number of halogens is 5. The Kier molecular flexibility index (Phi) is 48.7. The number of esters is 6. The van der Waals surface area contributed by atoms with Gasteiger partial charge in [-0.25, -0.2) is 38.2 Å². The zero-order valence-corrected chi connectivity index (χ0v) is 73.2. The first-order chi connectivity index (χ1) is 56.5. The summed E-state index contributed by atoms with van der Waals surface area (Å²) < 4.78 is 44.1. The molecule has 0 amide bonds. The number of nitrogens with two attached hydrogens (primary N) is 3. The standard InChI is InChI=1S/3C10H13ClN2O2.2C10H15N3O2.C8H9ClN2O2.C8H11NO3.C4H10N2.C4H9NO2.C2H3N.ClH.Cu/c1-2-15-10(14)8-6-13(12-9(8)11)7-4-3-5-7;2*1-2-15-10(14)8-6-12-13(9(8)11)7-4-3-5-7;1-2-15-10(14)8-6-13(12-9(8)11)7-4-3-5-7;1-2-15-10(14)8-6-12-13(9(8)11)7-4-3-5-7;9-7-6(8(12)13)4-10-11(7)5-2-1-3-5;1-3-11-6-7(5-9)8(10)12-4-2;5-6-4-2-1-3-4;1-4(2,3)7-5-6;1-2-3;;/h3*6-7H,2-5H2,1H3;6-7H,2-5H2,1H3,(H2,11,12);6-7H,2-5,11H2,1H3;4-5H,1-3H2,(H,12,13);6H,3-4H2,1-2H3;4,6H,1-3,5H2;1-3H3;1H3;1H;/q;;;;;;;;;;;+1/p-1/b;;;;;;7-6-;;;;;. The predicted molar refractivity (Wildman–Crippen MR) is 437 cm³/mol. The van der Waals surface area contributed by atoms with Crippen LogP contribution in [0, 0.1) is 27.6 Å². The van der Waals surface area contributed by atoms with E-state index in [4.69, 9.17) is 108 Å². The van der Waals surface area contributed by atoms with Crippen LogP contribution in [-0.4, -0.2) is 163 Å². The van der Waals surface area contributed by atoms with Gasteiger partial charge in [0.2, 0.25) is 0 Å². The van der Waals surface area contributed by atoms with Gasteiger partial charge in [-0.2, -0.15) is 41.1 Å². The number of rotatable bonds is 23. The van der Waals surface area contributed by atoms with Gasteiger partial charge in [0, 0.05) is 25.4 Å². The van der Waals surface area contributed by atoms with Crippen LogP contribution >= 0.6 is 56.5 Å². The van der Waals surface area contributed by atoms with E-state index in [0.717, 1.165) is 83.3 Å². The van der Waals surface area contributed by atoms with Crippen LogP contribution < -0.4 is 22.7 Å². The van der Waals surface area contributed by atoms with Crippen molar-refractivity contribution in [1.29, 1.82) is 10.5 Å². The van der Waals surface area contributed by atoms with Gasteiger partial charge in [0.05, 0.1) is 113 Å². The molecule has 0 aromatic carbocycles. The first-order valence-corrected chi connectivity index (χ1v) is 41.8. The van der Waals surface area contributed by atoms with Gasteiger partial charge in [-0.1, -0.05) is 52.8 Å². The number of carboxylic acid groups (broad SMARTS) is 1. The van der Waals surface area contributed by atoms with Gasteiger partial charge >= 0.3 is 67.0 Å². The number of nitrogen functional groups attached to an aromatic ring is 2. The average Bonchev–Trinajstić information content (AvgIpc) is 1.71. The molecule has 118 heavy (non-hydrogen) atoms. The minimum absolute atomic E-state index is 0.0913. The van der Waals surface area contributed by atoms with Crippen molar-refractivity contribution in [2.75, 3.05) is 57.7 Å². The third-order valence-corrected chi connectivity index (χ3v) is 19.8. The third-order valence-electron chi connectivity index (χ3n) is 18.4. The fourth-order valence-corrected chi connectivity index (χ4v) is 11.7. The summed E-state index contributed by atoms with van der Waals surface area (Å²) in [6.07, 6.45) is 34.5. The number of ether oxygens (including phenoxy) is 7. The molecule has 0 atom stereocenters. The first-order valence-electron chi connectivity index (χ1n) is 39.0. The molecule has 0 unspecified atom stereocenters. The van der Waals surface area contributed by atoms with Crippen molar-refractivity contribution in [3.05, 3.63) is 108 Å². The number of anilines is 2. The summed E-state index contributed by atoms with van der Waals surface area (Å²) in [7, 11) is 4.20. The Hall–Kier alpha value is -9.04. The van der Waals surface area contributed by atoms with E-state index in [1.54, 1.807) is 122 Å². The number of hydrazine groups is 1. The number of nitrogens with zero attached hydrogens (tertiary/aromatic N) is 15. The van der Waals surface area contributed by atoms with Crippen LogP contribution in [0.25, 0.3) is 0 Å². The van der Waals surface area contributed by atoms with Crippen molar-refractivity contribution in [3.8, 4) is 12.1 Å². The number of aromatic nitrogens is 12. The van der Waals surface area contributed by atoms with E-state index in [0.29, 0.717) is 126 Å². The molecule has 658 valence electrons. The zero-order chi connectivity index (χ0) is 88.0. The van der Waals surface area contributed by atoms with Crippen LogP contribution in [0.1, 0.15) is 309 Å². The van der Waals surface area contributed by atoms with Crippen molar-refractivity contribution in [1.82, 2.24) is 64.1 Å². The normalized spacial score (nSPS) is 15.1. The van der Waals surface area contributed by atoms with E-state index in [2.05, 4.69) is 76.1 Å². The minimum atomic E-state index is -1.02. The molecular weight excluding hydrogens is 1690 g/mol. The van der Waals surface area contributed by atoms with Gasteiger partial charge in [-0.15, -0.1) is 4.91 Å². The second-order valence-electron chi connectivity index (χ2n) is 27.5. The number of carboxylic acids is 1. The summed E-state index contributed by atoms with van der Waals surface area (Å²) in [6.45, 7) is 21.4. The van der Waals surface area contributed by atoms with Crippen molar-refractivity contribution in [2.24, 2.45) is 11.2 Å². The molecule has 8 N–H and O–H groups in total. The molecule has 0 saturated heterocycles. The molecule has 6 aromatic heterocycles. The summed E-state index contributed by atoms with van der Waals surface area (Å²) in [5.74, 6) is 2.15. The molecule has 7 saturated carbocycles. The maximum absolute atomic E-state index is 11.5. The van der Waals surface area contributed by atoms with Crippen molar-refractivity contribution in [2.45, 2.75) is 259 Å². The summed E-state index contributed by atoms with van der Waals surface area (Å²) in [5, 5.41) is 52.6. The second-order valence-corrected chi connectivity index (χ2v) is 29.0. The number of carbonyl (C=O) groups excluding carboxylic acids is 6. The molecule has 6 aromatic rings. The molecule has 7 aliphatic carbocycles. The number of carbonyl (C=O) groups is 7. The molecule has 0 aliphatic heterocycles. The van der Waals surface area contributed by atoms with E-state index in [1.165, 1.54) is 89.5 Å². The molecule has 7 fully saturated rings. The quantitative estimate of drug-likeness (QED) is 0.00458. The summed E-state index contributed by atoms with van der Waals surface area (Å²) in [6, 6.07) is 6.30. The summed E-state index contributed by atoms with van der Waals surface area (Å²) in [5.41, 5.74) is 15.6. The topological polar surface area (TPSA) is 488 Å². The van der Waals surface area contributed by atoms with Crippen LogP contribution in [0.5, 0.6) is 0 Å². The fourth-order valence-electron chi connectivity index (χ4n) is 10.5. The fraction of sp³-hybridized carbons (Fsp3) is 0.618. The van der Waals surface area contributed by atoms with Crippen LogP contribution in [0.15, 0.2) is 54.4 Å². The SMILES string of the molecule is CC#N.CC(C)(C)ON=O.CCO/C=C(/C#N)C(=O)OCC.CCOC(=O)c1cn(C2CCC2)nc1Cl.CCOC(=O)c1cn(C2CCC2)nc1N.CCOC(=O)c1cnn(C2CCC2)c1Cl.CCOC(=O)c1cnn(C2CCC2)c1Cl.CCOC(=O)c1cnn(C2CCC2)c1N.NNC1CCC1.O=C(O)c1cnn(C2CCC2)c1Cl.[Cl][Cu]. The maximum atomic E-state index is 11.5. The van der Waals surface area contributed by atoms with E-state index < -0.39 is 35.4 Å². The Bertz CT molecular complexity index is 3910. The molecule has 36 nitrogen and oxygen atoms in total. The average molecular weight is 1800 g/mol. The molecule has 0 radical (unpaired) electrons. The van der Waals surface area contributed by atoms with Gasteiger partial charge in [-0.05, 0) is 198 Å². The van der Waals surface area contributed by atoms with Crippen LogP contribution in [0.3, 0.4) is 0 Å². The second kappa shape index (κ2) is 55.7. The Morgan fingerprint density at radius 3 is 1.14 bits per heavy atom. The Labute approximate surface area is 719 Å². The molecule has 7 aliphatic rings. The summed E-state index contributed by atoms with van der Waals surface area (Å²) in [4.78, 5) is 92.4. The van der Waals surface area contributed by atoms with Gasteiger partial charge in [-0.3, -0.25) is 34.7 Å². The molecule has 6 heterocycles. The molecular formula is C76H111Cl5CuN19O17. The Morgan fingerprint density at radius 2 is 0.839 bits per heavy atom. The number of nitriles is 2.